The molecule has 0 saturated carbocycles. The van der Waals surface area contributed by atoms with E-state index in [1.165, 1.54) is 6.08 Å². The van der Waals surface area contributed by atoms with Crippen molar-refractivity contribution < 1.29 is 19.0 Å². The van der Waals surface area contributed by atoms with Gasteiger partial charge in [-0.3, -0.25) is 0 Å². The van der Waals surface area contributed by atoms with Crippen molar-refractivity contribution in [1.82, 2.24) is 0 Å². The third kappa shape index (κ3) is 4.70. The normalized spacial score (nSPS) is 14.7. The van der Waals surface area contributed by atoms with Crippen LogP contribution in [0.5, 0.6) is 5.75 Å². The van der Waals surface area contributed by atoms with Gasteiger partial charge in [-0.1, -0.05) is 26.0 Å². The lowest BCUT2D eigenvalue weighted by Gasteiger charge is -2.17. The summed E-state index contributed by atoms with van der Waals surface area (Å²) in [6.07, 6.45) is 5.93. The van der Waals surface area contributed by atoms with Gasteiger partial charge >= 0.3 is 5.97 Å². The zero-order chi connectivity index (χ0) is 18.4. The van der Waals surface area contributed by atoms with Gasteiger partial charge in [0.25, 0.3) is 0 Å². The van der Waals surface area contributed by atoms with E-state index < -0.39 is 11.8 Å². The molecule has 1 rings (SSSR count). The molecule has 0 saturated heterocycles. The molecule has 0 bridgehead atoms. The molecule has 0 spiro atoms. The van der Waals surface area contributed by atoms with Crippen LogP contribution in [0.25, 0.3) is 6.08 Å². The van der Waals surface area contributed by atoms with Crippen molar-refractivity contribution >= 4 is 12.0 Å². The molecule has 0 heterocycles. The molecule has 2 atom stereocenters. The zero-order valence-corrected chi connectivity index (χ0v) is 15.3. The van der Waals surface area contributed by atoms with Gasteiger partial charge in [0.2, 0.25) is 5.83 Å². The molecule has 0 aliphatic heterocycles. The highest BCUT2D eigenvalue weighted by atomic mass is 19.1. The summed E-state index contributed by atoms with van der Waals surface area (Å²) >= 11 is 0. The fourth-order valence-electron chi connectivity index (χ4n) is 2.83. The molecular formula is C20H27FO3. The molecule has 132 valence electrons. The van der Waals surface area contributed by atoms with Crippen LogP contribution in [0.15, 0.2) is 24.0 Å². The molecule has 0 aliphatic carbocycles. The fraction of sp³-hybridized carbons (Fsp3) is 0.450. The predicted molar refractivity (Wildman–Crippen MR) is 96.0 cm³/mol. The van der Waals surface area contributed by atoms with Crippen molar-refractivity contribution in [2.24, 2.45) is 11.8 Å². The van der Waals surface area contributed by atoms with Crippen LogP contribution in [0.3, 0.4) is 0 Å². The lowest BCUT2D eigenvalue weighted by molar-refractivity contribution is -0.134. The number of hydrogen-bond acceptors (Lipinski definition) is 2. The molecule has 2 unspecified atom stereocenters. The standard InChI is InChI=1S/C20H27FO3/c1-7-16(11-18(21)20(22)23)12(2)8-9-17-13(3)10-19(24-6)15(5)14(17)4/h8-12,16H,7H2,1-6H3,(H,22,23)/b9-8+,18-11-. The van der Waals surface area contributed by atoms with Crippen molar-refractivity contribution in [2.45, 2.75) is 41.0 Å². The van der Waals surface area contributed by atoms with E-state index in [9.17, 15) is 9.18 Å². The second-order valence-corrected chi connectivity index (χ2v) is 6.17. The van der Waals surface area contributed by atoms with Crippen LogP contribution in [0.1, 0.15) is 42.5 Å². The first kappa shape index (κ1) is 19.9. The first-order valence-corrected chi connectivity index (χ1v) is 8.16. The highest BCUT2D eigenvalue weighted by Gasteiger charge is 2.15. The van der Waals surface area contributed by atoms with Gasteiger partial charge in [-0.05, 0) is 73.4 Å². The molecule has 0 amide bonds. The topological polar surface area (TPSA) is 46.5 Å². The lowest BCUT2D eigenvalue weighted by atomic mass is 9.89. The Balaban J connectivity index is 3.10. The minimum Gasteiger partial charge on any atom is -0.496 e. The number of rotatable bonds is 7. The third-order valence-electron chi connectivity index (χ3n) is 4.61. The van der Waals surface area contributed by atoms with Gasteiger partial charge in [0.1, 0.15) is 5.75 Å². The first-order chi connectivity index (χ1) is 11.2. The second-order valence-electron chi connectivity index (χ2n) is 6.17. The number of ether oxygens (including phenoxy) is 1. The number of aliphatic carboxylic acids is 1. The van der Waals surface area contributed by atoms with E-state index in [4.69, 9.17) is 9.84 Å². The second kappa shape index (κ2) is 8.67. The number of halogens is 1. The average Bonchev–Trinajstić information content (AvgIpc) is 2.54. The van der Waals surface area contributed by atoms with E-state index in [0.29, 0.717) is 6.42 Å². The van der Waals surface area contributed by atoms with Crippen LogP contribution in [0, 0.1) is 32.6 Å². The Bertz CT molecular complexity index is 659. The van der Waals surface area contributed by atoms with Gasteiger partial charge in [0, 0.05) is 0 Å². The summed E-state index contributed by atoms with van der Waals surface area (Å²) in [6.45, 7) is 10.00. The Morgan fingerprint density at radius 1 is 1.33 bits per heavy atom. The Morgan fingerprint density at radius 3 is 2.46 bits per heavy atom. The summed E-state index contributed by atoms with van der Waals surface area (Å²) in [5.41, 5.74) is 4.48. The summed E-state index contributed by atoms with van der Waals surface area (Å²) in [4.78, 5) is 10.7. The molecule has 0 aliphatic rings. The van der Waals surface area contributed by atoms with Crippen LogP contribution in [-0.2, 0) is 4.79 Å². The van der Waals surface area contributed by atoms with E-state index in [-0.39, 0.29) is 11.8 Å². The van der Waals surface area contributed by atoms with Crippen molar-refractivity contribution in [2.75, 3.05) is 7.11 Å². The van der Waals surface area contributed by atoms with Crippen molar-refractivity contribution in [3.05, 3.63) is 46.3 Å². The minimum absolute atomic E-state index is 0.0290. The van der Waals surface area contributed by atoms with Crippen molar-refractivity contribution in [3.8, 4) is 5.75 Å². The van der Waals surface area contributed by atoms with Gasteiger partial charge in [-0.15, -0.1) is 0 Å². The van der Waals surface area contributed by atoms with Crippen LogP contribution >= 0.6 is 0 Å². The number of methoxy groups -OCH3 is 1. The van der Waals surface area contributed by atoms with E-state index >= 15 is 0 Å². The SMILES string of the molecule is CCC(/C=C(\F)C(=O)O)C(C)/C=C/c1c(C)cc(OC)c(C)c1C. The summed E-state index contributed by atoms with van der Waals surface area (Å²) in [6, 6.07) is 2.01. The third-order valence-corrected chi connectivity index (χ3v) is 4.61. The first-order valence-electron chi connectivity index (χ1n) is 8.16. The van der Waals surface area contributed by atoms with Crippen LogP contribution in [-0.4, -0.2) is 18.2 Å². The summed E-state index contributed by atoms with van der Waals surface area (Å²) in [5.74, 6) is -1.86. The quantitative estimate of drug-likeness (QED) is 0.694. The molecule has 24 heavy (non-hydrogen) atoms. The van der Waals surface area contributed by atoms with Crippen molar-refractivity contribution in [1.29, 1.82) is 0 Å². The number of carboxylic acids is 1. The average molecular weight is 334 g/mol. The summed E-state index contributed by atoms with van der Waals surface area (Å²) in [7, 11) is 1.66. The molecule has 0 fully saturated rings. The van der Waals surface area contributed by atoms with Gasteiger partial charge in [-0.25, -0.2) is 4.79 Å². The molecule has 1 aromatic rings. The highest BCUT2D eigenvalue weighted by molar-refractivity contribution is 5.83. The Hall–Kier alpha value is -2.10. The maximum atomic E-state index is 13.4. The number of aryl methyl sites for hydroxylation is 1. The number of allylic oxidation sites excluding steroid dienone is 2. The molecular weight excluding hydrogens is 307 g/mol. The van der Waals surface area contributed by atoms with E-state index in [1.54, 1.807) is 7.11 Å². The number of benzene rings is 1. The number of carbonyl (C=O) groups is 1. The maximum absolute atomic E-state index is 13.4. The summed E-state index contributed by atoms with van der Waals surface area (Å²) in [5, 5.41) is 8.70. The monoisotopic (exact) mass is 334 g/mol. The summed E-state index contributed by atoms with van der Waals surface area (Å²) < 4.78 is 18.8. The molecule has 4 heteroatoms. The van der Waals surface area contributed by atoms with E-state index in [0.717, 1.165) is 28.0 Å². The van der Waals surface area contributed by atoms with E-state index in [2.05, 4.69) is 6.92 Å². The molecule has 0 radical (unpaired) electrons. The van der Waals surface area contributed by atoms with Gasteiger partial charge in [0.15, 0.2) is 0 Å². The molecule has 3 nitrogen and oxygen atoms in total. The smallest absolute Gasteiger partial charge is 0.364 e. The van der Waals surface area contributed by atoms with Crippen LogP contribution < -0.4 is 4.74 Å². The fourth-order valence-corrected chi connectivity index (χ4v) is 2.83. The number of carboxylic acid groups (broad SMARTS) is 1. The zero-order valence-electron chi connectivity index (χ0n) is 15.3. The molecule has 1 N–H and O–H groups in total. The number of hydrogen-bond donors (Lipinski definition) is 1. The van der Waals surface area contributed by atoms with Crippen molar-refractivity contribution in [3.63, 3.8) is 0 Å². The van der Waals surface area contributed by atoms with E-state index in [1.807, 2.05) is 45.9 Å². The minimum atomic E-state index is -1.51. The van der Waals surface area contributed by atoms with Crippen LogP contribution in [0.2, 0.25) is 0 Å². The predicted octanol–water partition coefficient (Wildman–Crippen LogP) is 5.23. The highest BCUT2D eigenvalue weighted by Crippen LogP contribution is 2.29. The molecule has 0 aromatic heterocycles. The maximum Gasteiger partial charge on any atom is 0.364 e. The van der Waals surface area contributed by atoms with Gasteiger partial charge in [-0.2, -0.15) is 4.39 Å². The Labute approximate surface area is 143 Å². The lowest BCUT2D eigenvalue weighted by Crippen LogP contribution is -2.08. The van der Waals surface area contributed by atoms with Gasteiger partial charge in [0.05, 0.1) is 7.11 Å². The largest absolute Gasteiger partial charge is 0.496 e. The van der Waals surface area contributed by atoms with Gasteiger partial charge < -0.3 is 9.84 Å². The van der Waals surface area contributed by atoms with Crippen LogP contribution in [0.4, 0.5) is 4.39 Å². The Kier molecular flexibility index (Phi) is 7.20. The Morgan fingerprint density at radius 2 is 1.96 bits per heavy atom. The molecule has 1 aromatic carbocycles.